The Hall–Kier alpha value is -3.15. The topological polar surface area (TPSA) is 78.9 Å². The molecular formula is C73H130O6. The van der Waals surface area contributed by atoms with E-state index in [-0.39, 0.29) is 31.1 Å². The predicted octanol–water partition coefficient (Wildman–Crippen LogP) is 23.7. The van der Waals surface area contributed by atoms with Gasteiger partial charge in [-0.05, 0) is 89.9 Å². The molecule has 79 heavy (non-hydrogen) atoms. The van der Waals surface area contributed by atoms with Crippen LogP contribution in [0.25, 0.3) is 0 Å². The zero-order chi connectivity index (χ0) is 57.1. The van der Waals surface area contributed by atoms with E-state index in [4.69, 9.17) is 14.2 Å². The molecule has 0 bridgehead atoms. The van der Waals surface area contributed by atoms with Crippen LogP contribution in [0.15, 0.2) is 72.9 Å². The summed E-state index contributed by atoms with van der Waals surface area (Å²) in [6, 6.07) is 0. The van der Waals surface area contributed by atoms with E-state index in [2.05, 4.69) is 93.7 Å². The van der Waals surface area contributed by atoms with Crippen LogP contribution < -0.4 is 0 Å². The number of allylic oxidation sites excluding steroid dienone is 12. The van der Waals surface area contributed by atoms with Gasteiger partial charge in [-0.2, -0.15) is 0 Å². The van der Waals surface area contributed by atoms with Gasteiger partial charge in [0, 0.05) is 19.3 Å². The molecule has 0 aliphatic rings. The monoisotopic (exact) mass is 1100 g/mol. The summed E-state index contributed by atoms with van der Waals surface area (Å²) < 4.78 is 17.0. The Balaban J connectivity index is 4.36. The van der Waals surface area contributed by atoms with Gasteiger partial charge in [0.2, 0.25) is 0 Å². The second kappa shape index (κ2) is 67.4. The van der Waals surface area contributed by atoms with E-state index in [1.54, 1.807) is 0 Å². The van der Waals surface area contributed by atoms with E-state index >= 15 is 0 Å². The quantitative estimate of drug-likeness (QED) is 0.0261. The van der Waals surface area contributed by atoms with Crippen LogP contribution in [-0.4, -0.2) is 37.2 Å². The Morgan fingerprint density at radius 3 is 0.797 bits per heavy atom. The molecule has 1 atom stereocenters. The van der Waals surface area contributed by atoms with Crippen LogP contribution in [0, 0.1) is 0 Å². The molecule has 458 valence electrons. The fourth-order valence-electron chi connectivity index (χ4n) is 10.1. The average molecular weight is 1100 g/mol. The van der Waals surface area contributed by atoms with Crippen LogP contribution in [-0.2, 0) is 28.6 Å². The molecule has 0 aliphatic carbocycles. The minimum absolute atomic E-state index is 0.0870. The normalized spacial score (nSPS) is 12.5. The van der Waals surface area contributed by atoms with E-state index in [1.165, 1.54) is 218 Å². The van der Waals surface area contributed by atoms with Crippen LogP contribution in [0.3, 0.4) is 0 Å². The van der Waals surface area contributed by atoms with Crippen molar-refractivity contribution in [3.05, 3.63) is 72.9 Å². The Morgan fingerprint density at radius 2 is 0.494 bits per heavy atom. The highest BCUT2D eigenvalue weighted by Crippen LogP contribution is 2.18. The summed E-state index contributed by atoms with van der Waals surface area (Å²) >= 11 is 0. The third kappa shape index (κ3) is 65.5. The molecule has 0 amide bonds. The van der Waals surface area contributed by atoms with Gasteiger partial charge in [0.05, 0.1) is 0 Å². The highest BCUT2D eigenvalue weighted by atomic mass is 16.6. The number of unbranched alkanes of at least 4 members (excludes halogenated alkanes) is 40. The number of carbonyl (C=O) groups excluding carboxylic acids is 3. The van der Waals surface area contributed by atoms with E-state index < -0.39 is 6.10 Å². The lowest BCUT2D eigenvalue weighted by Gasteiger charge is -2.18. The van der Waals surface area contributed by atoms with Gasteiger partial charge in [-0.25, -0.2) is 0 Å². The smallest absolute Gasteiger partial charge is 0.306 e. The SMILES string of the molecule is CC/C=C\C/C=C\C/C=C\C/C=C\C/C=C\CCCCCC(=O)OC(COC(=O)CCCCCCCCC/C=C\CCCCCCCCC)COC(=O)CCCCCCCCCCCCCCCCCCCCCCCCCC. The molecule has 0 N–H and O–H groups in total. The molecule has 6 heteroatoms. The second-order valence-electron chi connectivity index (χ2n) is 23.1. The first-order valence-corrected chi connectivity index (χ1v) is 34.4. The van der Waals surface area contributed by atoms with E-state index in [1.807, 2.05) is 0 Å². The van der Waals surface area contributed by atoms with Gasteiger partial charge in [-0.15, -0.1) is 0 Å². The lowest BCUT2D eigenvalue weighted by atomic mass is 10.0. The van der Waals surface area contributed by atoms with Gasteiger partial charge in [-0.3, -0.25) is 14.4 Å². The van der Waals surface area contributed by atoms with Gasteiger partial charge in [0.15, 0.2) is 6.10 Å². The molecule has 0 aliphatic heterocycles. The van der Waals surface area contributed by atoms with Crippen LogP contribution in [0.4, 0.5) is 0 Å². The molecule has 1 unspecified atom stereocenters. The third-order valence-corrected chi connectivity index (χ3v) is 15.2. The highest BCUT2D eigenvalue weighted by molar-refractivity contribution is 5.71. The summed E-state index contributed by atoms with van der Waals surface area (Å²) in [5.74, 6) is -0.904. The van der Waals surface area contributed by atoms with E-state index in [0.717, 1.165) is 96.3 Å². The van der Waals surface area contributed by atoms with Crippen LogP contribution in [0.2, 0.25) is 0 Å². The Bertz CT molecular complexity index is 1450. The van der Waals surface area contributed by atoms with Gasteiger partial charge < -0.3 is 14.2 Å². The fraction of sp³-hybridized carbons (Fsp3) is 0.795. The lowest BCUT2D eigenvalue weighted by Crippen LogP contribution is -2.30. The van der Waals surface area contributed by atoms with E-state index in [0.29, 0.717) is 19.3 Å². The maximum Gasteiger partial charge on any atom is 0.306 e. The second-order valence-corrected chi connectivity index (χ2v) is 23.1. The van der Waals surface area contributed by atoms with Crippen molar-refractivity contribution in [3.8, 4) is 0 Å². The molecule has 0 spiro atoms. The number of carbonyl (C=O) groups is 3. The zero-order valence-corrected chi connectivity index (χ0v) is 52.6. The molecule has 0 heterocycles. The average Bonchev–Trinajstić information content (AvgIpc) is 3.45. The maximum atomic E-state index is 12.9. The predicted molar refractivity (Wildman–Crippen MR) is 344 cm³/mol. The summed E-state index contributed by atoms with van der Waals surface area (Å²) in [4.78, 5) is 38.4. The number of hydrogen-bond donors (Lipinski definition) is 0. The van der Waals surface area contributed by atoms with Gasteiger partial charge in [-0.1, -0.05) is 318 Å². The van der Waals surface area contributed by atoms with Crippen molar-refractivity contribution in [3.63, 3.8) is 0 Å². The Kier molecular flexibility index (Phi) is 64.7. The van der Waals surface area contributed by atoms with Crippen molar-refractivity contribution >= 4 is 17.9 Å². The first-order chi connectivity index (χ1) is 39.0. The Labute approximate surface area is 491 Å². The summed E-state index contributed by atoms with van der Waals surface area (Å²) in [5.41, 5.74) is 0. The van der Waals surface area contributed by atoms with Crippen molar-refractivity contribution in [1.29, 1.82) is 0 Å². The number of rotatable bonds is 63. The highest BCUT2D eigenvalue weighted by Gasteiger charge is 2.19. The van der Waals surface area contributed by atoms with Crippen LogP contribution in [0.5, 0.6) is 0 Å². The third-order valence-electron chi connectivity index (χ3n) is 15.2. The molecule has 0 saturated heterocycles. The largest absolute Gasteiger partial charge is 0.462 e. The summed E-state index contributed by atoms with van der Waals surface area (Å²) in [6.07, 6.45) is 87.8. The molecule has 6 nitrogen and oxygen atoms in total. The fourth-order valence-corrected chi connectivity index (χ4v) is 10.1. The van der Waals surface area contributed by atoms with Crippen molar-refractivity contribution in [2.75, 3.05) is 13.2 Å². The molecule has 0 saturated carbocycles. The molecule has 0 rings (SSSR count). The standard InChI is InChI=1S/C73H130O6/c1-4-7-10-13-16-19-22-25-28-31-34-35-36-37-38-40-42-45-48-51-54-57-60-63-66-72(75)78-69-70(68-77-71(74)65-62-59-56-53-50-47-44-41-33-30-27-24-21-18-15-12-9-6-3)79-73(76)67-64-61-58-55-52-49-46-43-39-32-29-26-23-20-17-14-11-8-5-2/h8,11,17,20,26,29-30,33,39,43,49,52,70H,4-7,9-10,12-16,18-19,21-25,27-28,31-32,34-38,40-42,44-48,50-51,53-69H2,1-3H3/b11-8-,20-17-,29-26-,33-30-,43-39-,52-49-. The molecule has 0 radical (unpaired) electrons. The molecule has 0 aromatic carbocycles. The lowest BCUT2D eigenvalue weighted by molar-refractivity contribution is -0.167. The minimum atomic E-state index is -0.795. The molecular weight excluding hydrogens is 973 g/mol. The van der Waals surface area contributed by atoms with E-state index in [9.17, 15) is 14.4 Å². The van der Waals surface area contributed by atoms with Crippen molar-refractivity contribution in [2.45, 2.75) is 361 Å². The summed E-state index contributed by atoms with van der Waals surface area (Å²) in [6.45, 7) is 6.55. The zero-order valence-electron chi connectivity index (χ0n) is 52.6. The van der Waals surface area contributed by atoms with Crippen LogP contribution >= 0.6 is 0 Å². The molecule has 0 aromatic heterocycles. The van der Waals surface area contributed by atoms with Gasteiger partial charge in [0.1, 0.15) is 13.2 Å². The summed E-state index contributed by atoms with van der Waals surface area (Å²) in [5, 5.41) is 0. The minimum Gasteiger partial charge on any atom is -0.462 e. The van der Waals surface area contributed by atoms with Gasteiger partial charge >= 0.3 is 17.9 Å². The van der Waals surface area contributed by atoms with Crippen molar-refractivity contribution < 1.29 is 28.6 Å². The molecule has 0 fully saturated rings. The number of hydrogen-bond acceptors (Lipinski definition) is 6. The van der Waals surface area contributed by atoms with Gasteiger partial charge in [0.25, 0.3) is 0 Å². The first kappa shape index (κ1) is 75.8. The summed E-state index contributed by atoms with van der Waals surface area (Å²) in [7, 11) is 0. The maximum absolute atomic E-state index is 12.9. The van der Waals surface area contributed by atoms with Crippen molar-refractivity contribution in [1.82, 2.24) is 0 Å². The Morgan fingerprint density at radius 1 is 0.266 bits per heavy atom. The van der Waals surface area contributed by atoms with Crippen LogP contribution in [0.1, 0.15) is 355 Å². The molecule has 0 aromatic rings. The number of esters is 3. The number of ether oxygens (including phenoxy) is 3. The van der Waals surface area contributed by atoms with Crippen molar-refractivity contribution in [2.24, 2.45) is 0 Å². The first-order valence-electron chi connectivity index (χ1n) is 34.4.